The van der Waals surface area contributed by atoms with Crippen molar-refractivity contribution in [3.63, 3.8) is 0 Å². The van der Waals surface area contributed by atoms with Crippen molar-refractivity contribution in [2.45, 2.75) is 39.3 Å². The van der Waals surface area contributed by atoms with Crippen LogP contribution in [0.2, 0.25) is 0 Å². The highest BCUT2D eigenvalue weighted by atomic mass is 16.3. The normalized spacial score (nSPS) is 18.6. The molecular weight excluding hydrogens is 328 g/mol. The van der Waals surface area contributed by atoms with E-state index in [-0.39, 0.29) is 6.61 Å². The zero-order chi connectivity index (χ0) is 17.9. The molecule has 0 saturated carbocycles. The summed E-state index contributed by atoms with van der Waals surface area (Å²) in [6, 6.07) is 6.27. The summed E-state index contributed by atoms with van der Waals surface area (Å²) in [6.45, 7) is 6.13. The number of pyridine rings is 1. The number of rotatable bonds is 6. The van der Waals surface area contributed by atoms with Gasteiger partial charge >= 0.3 is 0 Å². The third-order valence-corrected chi connectivity index (χ3v) is 5.18. The lowest BCUT2D eigenvalue weighted by Crippen LogP contribution is -2.36. The summed E-state index contributed by atoms with van der Waals surface area (Å²) in [4.78, 5) is 7.30. The first-order chi connectivity index (χ1) is 12.7. The van der Waals surface area contributed by atoms with Gasteiger partial charge in [-0.1, -0.05) is 11.3 Å². The standard InChI is InChI=1S/C19H26N6O/c1-15-20-18(19-6-2-3-9-25(15)19)14-23-8-4-5-16(11-23)12-24-13-17(7-10-26)21-22-24/h2-3,6,9,13,16,26H,4-5,7-8,10-12,14H2,1H3/t16-/m1/s1. The Bertz CT molecular complexity index is 870. The van der Waals surface area contributed by atoms with Gasteiger partial charge in [0.1, 0.15) is 5.82 Å². The van der Waals surface area contributed by atoms with Gasteiger partial charge in [-0.2, -0.15) is 0 Å². The molecule has 7 nitrogen and oxygen atoms in total. The third-order valence-electron chi connectivity index (χ3n) is 5.18. The Kier molecular flexibility index (Phi) is 4.99. The molecule has 3 aromatic heterocycles. The SMILES string of the molecule is Cc1nc(CN2CCC[C@@H](Cn3cc(CCO)nn3)C2)c2ccccn12. The van der Waals surface area contributed by atoms with Crippen LogP contribution in [-0.2, 0) is 19.5 Å². The highest BCUT2D eigenvalue weighted by Crippen LogP contribution is 2.22. The zero-order valence-electron chi connectivity index (χ0n) is 15.3. The molecule has 138 valence electrons. The molecule has 0 aliphatic carbocycles. The van der Waals surface area contributed by atoms with Gasteiger partial charge < -0.3 is 9.51 Å². The maximum Gasteiger partial charge on any atom is 0.110 e. The number of aliphatic hydroxyl groups is 1. The number of piperidine rings is 1. The van der Waals surface area contributed by atoms with Crippen molar-refractivity contribution in [2.75, 3.05) is 19.7 Å². The van der Waals surface area contributed by atoms with Gasteiger partial charge in [-0.05, 0) is 44.4 Å². The number of aromatic nitrogens is 5. The number of fused-ring (bicyclic) bond motifs is 1. The van der Waals surface area contributed by atoms with Gasteiger partial charge in [-0.25, -0.2) is 4.98 Å². The summed E-state index contributed by atoms with van der Waals surface area (Å²) < 4.78 is 4.09. The molecule has 0 amide bonds. The highest BCUT2D eigenvalue weighted by molar-refractivity contribution is 5.53. The average molecular weight is 354 g/mol. The second kappa shape index (κ2) is 7.55. The first kappa shape index (κ1) is 17.2. The lowest BCUT2D eigenvalue weighted by molar-refractivity contribution is 0.152. The lowest BCUT2D eigenvalue weighted by atomic mass is 9.98. The fourth-order valence-electron chi connectivity index (χ4n) is 3.96. The zero-order valence-corrected chi connectivity index (χ0v) is 15.3. The van der Waals surface area contributed by atoms with Crippen molar-refractivity contribution in [3.05, 3.63) is 47.8 Å². The van der Waals surface area contributed by atoms with Crippen molar-refractivity contribution >= 4 is 5.52 Å². The second-order valence-electron chi connectivity index (χ2n) is 7.21. The molecule has 0 radical (unpaired) electrons. The van der Waals surface area contributed by atoms with E-state index in [1.807, 2.05) is 16.9 Å². The Morgan fingerprint density at radius 3 is 3.12 bits per heavy atom. The van der Waals surface area contributed by atoms with Crippen LogP contribution < -0.4 is 0 Å². The minimum absolute atomic E-state index is 0.119. The fraction of sp³-hybridized carbons (Fsp3) is 0.526. The smallest absolute Gasteiger partial charge is 0.110 e. The molecule has 1 saturated heterocycles. The van der Waals surface area contributed by atoms with Crippen molar-refractivity contribution in [1.82, 2.24) is 29.3 Å². The largest absolute Gasteiger partial charge is 0.396 e. The number of aliphatic hydroxyl groups excluding tert-OH is 1. The van der Waals surface area contributed by atoms with Gasteiger partial charge in [0.15, 0.2) is 0 Å². The van der Waals surface area contributed by atoms with E-state index in [0.717, 1.165) is 43.4 Å². The van der Waals surface area contributed by atoms with E-state index in [0.29, 0.717) is 12.3 Å². The van der Waals surface area contributed by atoms with Gasteiger partial charge in [0.05, 0.1) is 16.9 Å². The molecule has 1 atom stereocenters. The quantitative estimate of drug-likeness (QED) is 0.729. The van der Waals surface area contributed by atoms with Crippen LogP contribution in [0.25, 0.3) is 5.52 Å². The molecule has 0 unspecified atom stereocenters. The fourth-order valence-corrected chi connectivity index (χ4v) is 3.96. The Balaban J connectivity index is 1.41. The van der Waals surface area contributed by atoms with Crippen LogP contribution in [0.15, 0.2) is 30.6 Å². The van der Waals surface area contributed by atoms with Crippen LogP contribution in [-0.4, -0.2) is 54.1 Å². The van der Waals surface area contributed by atoms with Gasteiger partial charge in [0.25, 0.3) is 0 Å². The lowest BCUT2D eigenvalue weighted by Gasteiger charge is -2.32. The molecule has 1 N–H and O–H groups in total. The van der Waals surface area contributed by atoms with Crippen LogP contribution in [0, 0.1) is 12.8 Å². The minimum Gasteiger partial charge on any atom is -0.396 e. The van der Waals surface area contributed by atoms with E-state index < -0.39 is 0 Å². The van der Waals surface area contributed by atoms with Crippen LogP contribution in [0.4, 0.5) is 0 Å². The highest BCUT2D eigenvalue weighted by Gasteiger charge is 2.22. The molecule has 7 heteroatoms. The van der Waals surface area contributed by atoms with Crippen LogP contribution in [0.3, 0.4) is 0 Å². The molecule has 0 bridgehead atoms. The van der Waals surface area contributed by atoms with E-state index in [1.54, 1.807) is 0 Å². The summed E-state index contributed by atoms with van der Waals surface area (Å²) in [5.41, 5.74) is 3.23. The van der Waals surface area contributed by atoms with Crippen molar-refractivity contribution in [3.8, 4) is 0 Å². The van der Waals surface area contributed by atoms with E-state index in [1.165, 1.54) is 18.4 Å². The summed E-state index contributed by atoms with van der Waals surface area (Å²) in [6.07, 6.45) is 7.03. The third kappa shape index (κ3) is 3.64. The van der Waals surface area contributed by atoms with Crippen LogP contribution in [0.5, 0.6) is 0 Å². The predicted molar refractivity (Wildman–Crippen MR) is 98.7 cm³/mol. The van der Waals surface area contributed by atoms with E-state index in [2.05, 4.69) is 44.9 Å². The molecule has 1 fully saturated rings. The Morgan fingerprint density at radius 1 is 1.31 bits per heavy atom. The molecule has 0 aromatic carbocycles. The molecule has 26 heavy (non-hydrogen) atoms. The van der Waals surface area contributed by atoms with Crippen molar-refractivity contribution in [2.24, 2.45) is 5.92 Å². The number of aryl methyl sites for hydroxylation is 1. The second-order valence-corrected chi connectivity index (χ2v) is 7.21. The molecule has 4 rings (SSSR count). The topological polar surface area (TPSA) is 71.5 Å². The summed E-state index contributed by atoms with van der Waals surface area (Å²) in [5, 5.41) is 17.3. The summed E-state index contributed by atoms with van der Waals surface area (Å²) in [7, 11) is 0. The summed E-state index contributed by atoms with van der Waals surface area (Å²) >= 11 is 0. The number of imidazole rings is 1. The van der Waals surface area contributed by atoms with Gasteiger partial charge in [-0.15, -0.1) is 5.10 Å². The summed E-state index contributed by atoms with van der Waals surface area (Å²) in [5.74, 6) is 1.62. The van der Waals surface area contributed by atoms with Crippen molar-refractivity contribution in [1.29, 1.82) is 0 Å². The molecule has 0 spiro atoms. The minimum atomic E-state index is 0.119. The molecule has 4 heterocycles. The maximum absolute atomic E-state index is 9.01. The van der Waals surface area contributed by atoms with Gasteiger partial charge in [0, 0.05) is 45.1 Å². The Hall–Kier alpha value is -2.25. The Labute approximate surface area is 153 Å². The van der Waals surface area contributed by atoms with E-state index in [4.69, 9.17) is 10.1 Å². The number of hydrogen-bond donors (Lipinski definition) is 1. The first-order valence-electron chi connectivity index (χ1n) is 9.37. The number of hydrogen-bond acceptors (Lipinski definition) is 5. The molecular formula is C19H26N6O. The van der Waals surface area contributed by atoms with E-state index in [9.17, 15) is 0 Å². The molecule has 1 aliphatic rings. The number of likely N-dealkylation sites (tertiary alicyclic amines) is 1. The van der Waals surface area contributed by atoms with E-state index >= 15 is 0 Å². The first-order valence-corrected chi connectivity index (χ1v) is 9.37. The van der Waals surface area contributed by atoms with Gasteiger partial charge in [0.2, 0.25) is 0 Å². The monoisotopic (exact) mass is 354 g/mol. The Morgan fingerprint density at radius 2 is 2.23 bits per heavy atom. The van der Waals surface area contributed by atoms with Gasteiger partial charge in [-0.3, -0.25) is 9.58 Å². The van der Waals surface area contributed by atoms with Crippen LogP contribution >= 0.6 is 0 Å². The van der Waals surface area contributed by atoms with Crippen LogP contribution in [0.1, 0.15) is 30.1 Å². The maximum atomic E-state index is 9.01. The number of nitrogens with zero attached hydrogens (tertiary/aromatic N) is 6. The van der Waals surface area contributed by atoms with Crippen molar-refractivity contribution < 1.29 is 5.11 Å². The molecule has 1 aliphatic heterocycles. The average Bonchev–Trinajstić information content (AvgIpc) is 3.21. The molecule has 3 aromatic rings. The predicted octanol–water partition coefficient (Wildman–Crippen LogP) is 1.68.